The van der Waals surface area contributed by atoms with E-state index in [1.807, 2.05) is 6.07 Å². The molecular formula is C11H14O. The summed E-state index contributed by atoms with van der Waals surface area (Å²) in [7, 11) is 0. The normalized spacial score (nSPS) is 29.1. The van der Waals surface area contributed by atoms with Crippen LogP contribution in [0.15, 0.2) is 30.3 Å². The summed E-state index contributed by atoms with van der Waals surface area (Å²) in [6.45, 7) is 0. The highest BCUT2D eigenvalue weighted by Gasteiger charge is 2.23. The summed E-state index contributed by atoms with van der Waals surface area (Å²) >= 11 is 0. The second kappa shape index (κ2) is 3.28. The molecule has 0 aromatic heterocycles. The van der Waals surface area contributed by atoms with Gasteiger partial charge in [0.1, 0.15) is 0 Å². The van der Waals surface area contributed by atoms with Crippen LogP contribution in [-0.4, -0.2) is 11.2 Å². The van der Waals surface area contributed by atoms with Crippen molar-refractivity contribution >= 4 is 0 Å². The maximum absolute atomic E-state index is 9.36. The van der Waals surface area contributed by atoms with Gasteiger partial charge in [-0.25, -0.2) is 0 Å². The van der Waals surface area contributed by atoms with Gasteiger partial charge in [0, 0.05) is 0 Å². The van der Waals surface area contributed by atoms with Crippen LogP contribution in [-0.2, 0) is 0 Å². The van der Waals surface area contributed by atoms with Crippen LogP contribution in [0.4, 0.5) is 0 Å². The minimum Gasteiger partial charge on any atom is -0.393 e. The zero-order valence-corrected chi connectivity index (χ0v) is 7.11. The second-order valence-corrected chi connectivity index (χ2v) is 3.57. The number of benzene rings is 1. The molecule has 0 aliphatic heterocycles. The predicted molar refractivity (Wildman–Crippen MR) is 49.0 cm³/mol. The van der Waals surface area contributed by atoms with Gasteiger partial charge in [0.2, 0.25) is 0 Å². The molecule has 1 heteroatoms. The van der Waals surface area contributed by atoms with Crippen molar-refractivity contribution in [2.45, 2.75) is 31.3 Å². The fourth-order valence-corrected chi connectivity index (χ4v) is 1.99. The van der Waals surface area contributed by atoms with E-state index in [0.717, 1.165) is 19.3 Å². The number of rotatable bonds is 1. The highest BCUT2D eigenvalue weighted by molar-refractivity contribution is 5.20. The van der Waals surface area contributed by atoms with E-state index in [1.165, 1.54) is 5.56 Å². The topological polar surface area (TPSA) is 20.2 Å². The first kappa shape index (κ1) is 7.81. The van der Waals surface area contributed by atoms with Crippen LogP contribution in [0.25, 0.3) is 0 Å². The Morgan fingerprint density at radius 1 is 1.08 bits per heavy atom. The molecule has 2 atom stereocenters. The smallest absolute Gasteiger partial charge is 0.0546 e. The van der Waals surface area contributed by atoms with E-state index in [4.69, 9.17) is 0 Å². The lowest BCUT2D eigenvalue weighted by Gasteiger charge is -2.08. The molecule has 0 heterocycles. The quantitative estimate of drug-likeness (QED) is 0.672. The van der Waals surface area contributed by atoms with E-state index >= 15 is 0 Å². The number of hydrogen-bond donors (Lipinski definition) is 1. The number of aliphatic hydroxyl groups excluding tert-OH is 1. The van der Waals surface area contributed by atoms with Crippen LogP contribution in [0.2, 0.25) is 0 Å². The SMILES string of the molecule is OC1CC[C@@H](c2ccccc2)C1. The first-order chi connectivity index (χ1) is 5.86. The second-order valence-electron chi connectivity index (χ2n) is 3.57. The van der Waals surface area contributed by atoms with Crippen molar-refractivity contribution in [3.63, 3.8) is 0 Å². The molecule has 1 unspecified atom stereocenters. The first-order valence-corrected chi connectivity index (χ1v) is 4.59. The predicted octanol–water partition coefficient (Wildman–Crippen LogP) is 2.32. The molecule has 12 heavy (non-hydrogen) atoms. The van der Waals surface area contributed by atoms with Crippen LogP contribution in [0.1, 0.15) is 30.7 Å². The van der Waals surface area contributed by atoms with E-state index in [1.54, 1.807) is 0 Å². The van der Waals surface area contributed by atoms with Crippen molar-refractivity contribution in [1.29, 1.82) is 0 Å². The monoisotopic (exact) mass is 162 g/mol. The average Bonchev–Trinajstić information content (AvgIpc) is 2.54. The molecule has 1 aromatic rings. The summed E-state index contributed by atoms with van der Waals surface area (Å²) in [5, 5.41) is 9.36. The van der Waals surface area contributed by atoms with Crippen LogP contribution in [0, 0.1) is 0 Å². The van der Waals surface area contributed by atoms with Crippen LogP contribution in [0.3, 0.4) is 0 Å². The van der Waals surface area contributed by atoms with Gasteiger partial charge >= 0.3 is 0 Å². The standard InChI is InChI=1S/C11H14O/c12-11-7-6-10(8-11)9-4-2-1-3-5-9/h1-5,10-12H,6-8H2/t10-,11?/m1/s1. The molecule has 0 spiro atoms. The van der Waals surface area contributed by atoms with Crippen molar-refractivity contribution in [1.82, 2.24) is 0 Å². The molecule has 64 valence electrons. The van der Waals surface area contributed by atoms with E-state index in [2.05, 4.69) is 24.3 Å². The van der Waals surface area contributed by atoms with E-state index in [0.29, 0.717) is 5.92 Å². The molecule has 1 saturated carbocycles. The molecule has 1 aromatic carbocycles. The van der Waals surface area contributed by atoms with Crippen LogP contribution in [0.5, 0.6) is 0 Å². The fourth-order valence-electron chi connectivity index (χ4n) is 1.99. The molecule has 0 amide bonds. The van der Waals surface area contributed by atoms with Gasteiger partial charge < -0.3 is 5.11 Å². The summed E-state index contributed by atoms with van der Waals surface area (Å²) in [6, 6.07) is 10.5. The largest absolute Gasteiger partial charge is 0.393 e. The van der Waals surface area contributed by atoms with Crippen molar-refractivity contribution in [3.05, 3.63) is 35.9 Å². The van der Waals surface area contributed by atoms with Gasteiger partial charge in [-0.3, -0.25) is 0 Å². The molecule has 0 radical (unpaired) electrons. The third kappa shape index (κ3) is 1.51. The van der Waals surface area contributed by atoms with Gasteiger partial charge in [0.05, 0.1) is 6.10 Å². The summed E-state index contributed by atoms with van der Waals surface area (Å²) in [5.74, 6) is 0.598. The lowest BCUT2D eigenvalue weighted by molar-refractivity contribution is 0.181. The van der Waals surface area contributed by atoms with Crippen molar-refractivity contribution < 1.29 is 5.11 Å². The Hall–Kier alpha value is -0.820. The molecule has 0 bridgehead atoms. The van der Waals surface area contributed by atoms with Gasteiger partial charge in [-0.2, -0.15) is 0 Å². The zero-order chi connectivity index (χ0) is 8.39. The third-order valence-corrected chi connectivity index (χ3v) is 2.68. The molecule has 2 rings (SSSR count). The van der Waals surface area contributed by atoms with Gasteiger partial charge in [-0.05, 0) is 30.7 Å². The Morgan fingerprint density at radius 3 is 2.42 bits per heavy atom. The summed E-state index contributed by atoms with van der Waals surface area (Å²) < 4.78 is 0. The molecule has 1 nitrogen and oxygen atoms in total. The van der Waals surface area contributed by atoms with Gasteiger partial charge in [0.25, 0.3) is 0 Å². The summed E-state index contributed by atoms with van der Waals surface area (Å²) in [5.41, 5.74) is 1.38. The Morgan fingerprint density at radius 2 is 1.83 bits per heavy atom. The van der Waals surface area contributed by atoms with Crippen LogP contribution >= 0.6 is 0 Å². The minimum atomic E-state index is -0.0600. The Labute approximate surface area is 73.0 Å². The number of aliphatic hydroxyl groups is 1. The van der Waals surface area contributed by atoms with Crippen molar-refractivity contribution in [2.75, 3.05) is 0 Å². The van der Waals surface area contributed by atoms with Gasteiger partial charge in [0.15, 0.2) is 0 Å². The highest BCUT2D eigenvalue weighted by Crippen LogP contribution is 2.33. The lowest BCUT2D eigenvalue weighted by atomic mass is 9.98. The highest BCUT2D eigenvalue weighted by atomic mass is 16.3. The van der Waals surface area contributed by atoms with E-state index in [-0.39, 0.29) is 6.10 Å². The van der Waals surface area contributed by atoms with Crippen molar-refractivity contribution in [2.24, 2.45) is 0 Å². The lowest BCUT2D eigenvalue weighted by Crippen LogP contribution is -1.99. The third-order valence-electron chi connectivity index (χ3n) is 2.68. The molecule has 1 N–H and O–H groups in total. The Kier molecular flexibility index (Phi) is 2.13. The van der Waals surface area contributed by atoms with Crippen LogP contribution < -0.4 is 0 Å². The fraction of sp³-hybridized carbons (Fsp3) is 0.455. The first-order valence-electron chi connectivity index (χ1n) is 4.59. The van der Waals surface area contributed by atoms with Gasteiger partial charge in [-0.1, -0.05) is 30.3 Å². The zero-order valence-electron chi connectivity index (χ0n) is 7.11. The minimum absolute atomic E-state index is 0.0600. The van der Waals surface area contributed by atoms with Crippen molar-refractivity contribution in [3.8, 4) is 0 Å². The molecule has 1 aliphatic rings. The maximum atomic E-state index is 9.36. The Bertz CT molecular complexity index is 242. The molecule has 0 saturated heterocycles. The molecule has 1 aliphatic carbocycles. The number of hydrogen-bond acceptors (Lipinski definition) is 1. The summed E-state index contributed by atoms with van der Waals surface area (Å²) in [4.78, 5) is 0. The molecule has 1 fully saturated rings. The van der Waals surface area contributed by atoms with E-state index in [9.17, 15) is 5.11 Å². The molecular weight excluding hydrogens is 148 g/mol. The van der Waals surface area contributed by atoms with Gasteiger partial charge in [-0.15, -0.1) is 0 Å². The summed E-state index contributed by atoms with van der Waals surface area (Å²) in [6.07, 6.45) is 3.00. The Balaban J connectivity index is 2.11. The average molecular weight is 162 g/mol. The maximum Gasteiger partial charge on any atom is 0.0546 e. The van der Waals surface area contributed by atoms with E-state index < -0.39 is 0 Å².